The van der Waals surface area contributed by atoms with Crippen LogP contribution in [0, 0.1) is 5.82 Å². The van der Waals surface area contributed by atoms with Crippen molar-refractivity contribution in [3.8, 4) is 0 Å². The van der Waals surface area contributed by atoms with Gasteiger partial charge in [-0.3, -0.25) is 19.2 Å². The molecule has 31 heavy (non-hydrogen) atoms. The number of carbonyl (C=O) groups is 4. The lowest BCUT2D eigenvalue weighted by Gasteiger charge is -2.09. The molecule has 2 rings (SSSR count). The first-order valence-electron chi connectivity index (χ1n) is 8.56. The highest BCUT2D eigenvalue weighted by atomic mass is 35.5. The Kier molecular flexibility index (Phi) is 9.04. The number of hydrogen-bond acceptors (Lipinski definition) is 5. The maximum absolute atomic E-state index is 13.1. The summed E-state index contributed by atoms with van der Waals surface area (Å²) >= 11 is 17.3. The topological polar surface area (TPSA) is 114 Å². The number of esters is 1. The van der Waals surface area contributed by atoms with E-state index in [0.29, 0.717) is 5.02 Å². The first kappa shape index (κ1) is 24.4. The zero-order chi connectivity index (χ0) is 23.0. The third-order valence-corrected chi connectivity index (χ3v) is 4.42. The molecule has 0 heterocycles. The van der Waals surface area contributed by atoms with E-state index in [1.165, 1.54) is 30.3 Å². The number of halogens is 4. The van der Waals surface area contributed by atoms with Crippen LogP contribution in [-0.4, -0.2) is 43.4 Å². The molecule has 0 unspecified atom stereocenters. The minimum absolute atomic E-state index is 0.121. The van der Waals surface area contributed by atoms with Crippen LogP contribution in [0.1, 0.15) is 10.4 Å². The quantitative estimate of drug-likeness (QED) is 0.493. The lowest BCUT2D eigenvalue weighted by molar-refractivity contribution is -0.147. The van der Waals surface area contributed by atoms with Gasteiger partial charge in [0.2, 0.25) is 5.91 Å². The molecule has 2 aromatic rings. The summed E-state index contributed by atoms with van der Waals surface area (Å²) in [6.07, 6.45) is 0. The summed E-state index contributed by atoms with van der Waals surface area (Å²) in [7, 11) is 0. The van der Waals surface area contributed by atoms with E-state index in [-0.39, 0.29) is 21.3 Å². The zero-order valence-corrected chi connectivity index (χ0v) is 17.9. The molecule has 0 saturated heterocycles. The van der Waals surface area contributed by atoms with E-state index >= 15 is 0 Å². The summed E-state index contributed by atoms with van der Waals surface area (Å²) in [5.74, 6) is -3.48. The number of nitrogens with one attached hydrogen (secondary N) is 3. The van der Waals surface area contributed by atoms with Crippen LogP contribution in [0.4, 0.5) is 10.1 Å². The molecule has 2 aromatic carbocycles. The summed E-state index contributed by atoms with van der Waals surface area (Å²) in [5, 5.41) is 7.23. The molecule has 3 amide bonds. The number of carbonyl (C=O) groups excluding carboxylic acids is 4. The fourth-order valence-corrected chi connectivity index (χ4v) is 2.81. The van der Waals surface area contributed by atoms with E-state index < -0.39 is 49.2 Å². The SMILES string of the molecule is O=C(CNC(=O)c1ccc(Cl)cc1Cl)NCC(=O)OCC(=O)Nc1ccc(F)c(Cl)c1. The maximum Gasteiger partial charge on any atom is 0.325 e. The van der Waals surface area contributed by atoms with Crippen molar-refractivity contribution in [3.63, 3.8) is 0 Å². The van der Waals surface area contributed by atoms with Crippen LogP contribution >= 0.6 is 34.8 Å². The van der Waals surface area contributed by atoms with Gasteiger partial charge in [0.15, 0.2) is 6.61 Å². The first-order valence-corrected chi connectivity index (χ1v) is 9.69. The van der Waals surface area contributed by atoms with Crippen molar-refractivity contribution >= 4 is 64.2 Å². The predicted octanol–water partition coefficient (Wildman–Crippen LogP) is 2.81. The largest absolute Gasteiger partial charge is 0.454 e. The summed E-state index contributed by atoms with van der Waals surface area (Å²) in [4.78, 5) is 47.1. The number of anilines is 1. The molecule has 12 heteroatoms. The van der Waals surface area contributed by atoms with Crippen LogP contribution in [0.5, 0.6) is 0 Å². The van der Waals surface area contributed by atoms with Crippen molar-refractivity contribution in [3.05, 3.63) is 62.8 Å². The van der Waals surface area contributed by atoms with Crippen LogP contribution < -0.4 is 16.0 Å². The molecular weight excluding hydrogens is 476 g/mol. The Morgan fingerprint density at radius 1 is 0.871 bits per heavy atom. The fraction of sp³-hybridized carbons (Fsp3) is 0.158. The Bertz CT molecular complexity index is 1020. The molecule has 0 aliphatic carbocycles. The Labute approximate surface area is 191 Å². The second-order valence-corrected chi connectivity index (χ2v) is 7.17. The molecule has 0 bridgehead atoms. The molecule has 0 atom stereocenters. The standard InChI is InChI=1S/C19H15Cl3FN3O5/c20-10-1-3-12(13(21)5-10)19(30)25-7-16(27)24-8-18(29)31-9-17(28)26-11-2-4-15(23)14(22)6-11/h1-6H,7-9H2,(H,24,27)(H,25,30)(H,26,28). The van der Waals surface area contributed by atoms with E-state index in [0.717, 1.165) is 6.07 Å². The van der Waals surface area contributed by atoms with Crippen LogP contribution in [0.3, 0.4) is 0 Å². The van der Waals surface area contributed by atoms with Crippen molar-refractivity contribution in [2.75, 3.05) is 25.0 Å². The molecule has 0 aromatic heterocycles. The lowest BCUT2D eigenvalue weighted by Crippen LogP contribution is -2.39. The van der Waals surface area contributed by atoms with Crippen LogP contribution in [-0.2, 0) is 19.1 Å². The van der Waals surface area contributed by atoms with Gasteiger partial charge in [0.25, 0.3) is 11.8 Å². The van der Waals surface area contributed by atoms with Crippen molar-refractivity contribution < 1.29 is 28.3 Å². The maximum atomic E-state index is 13.1. The van der Waals surface area contributed by atoms with Gasteiger partial charge >= 0.3 is 5.97 Å². The molecule has 0 spiro atoms. The van der Waals surface area contributed by atoms with Crippen LogP contribution in [0.25, 0.3) is 0 Å². The lowest BCUT2D eigenvalue weighted by atomic mass is 10.2. The first-order chi connectivity index (χ1) is 14.7. The number of benzene rings is 2. The highest BCUT2D eigenvalue weighted by Gasteiger charge is 2.14. The molecule has 0 fully saturated rings. The van der Waals surface area contributed by atoms with E-state index in [9.17, 15) is 23.6 Å². The Balaban J connectivity index is 1.68. The van der Waals surface area contributed by atoms with Crippen molar-refractivity contribution in [1.82, 2.24) is 10.6 Å². The van der Waals surface area contributed by atoms with E-state index in [4.69, 9.17) is 39.5 Å². The summed E-state index contributed by atoms with van der Waals surface area (Å²) < 4.78 is 17.8. The molecule has 0 radical (unpaired) electrons. The van der Waals surface area contributed by atoms with Crippen LogP contribution in [0.2, 0.25) is 15.1 Å². The molecule has 164 valence electrons. The Morgan fingerprint density at radius 2 is 1.61 bits per heavy atom. The van der Waals surface area contributed by atoms with E-state index in [2.05, 4.69) is 16.0 Å². The normalized spacial score (nSPS) is 10.2. The number of rotatable bonds is 8. The summed E-state index contributed by atoms with van der Waals surface area (Å²) in [6.45, 7) is -1.57. The van der Waals surface area contributed by atoms with Gasteiger partial charge in [-0.1, -0.05) is 34.8 Å². The molecular formula is C19H15Cl3FN3O5. The second-order valence-electron chi connectivity index (χ2n) is 5.92. The minimum Gasteiger partial charge on any atom is -0.454 e. The average Bonchev–Trinajstić information content (AvgIpc) is 2.71. The molecule has 0 aliphatic heterocycles. The van der Waals surface area contributed by atoms with Gasteiger partial charge < -0.3 is 20.7 Å². The Hall–Kier alpha value is -2.88. The van der Waals surface area contributed by atoms with Gasteiger partial charge in [-0.15, -0.1) is 0 Å². The third-order valence-electron chi connectivity index (χ3n) is 3.58. The zero-order valence-electron chi connectivity index (χ0n) is 15.6. The highest BCUT2D eigenvalue weighted by molar-refractivity contribution is 6.36. The second kappa shape index (κ2) is 11.5. The summed E-state index contributed by atoms with van der Waals surface area (Å²) in [6, 6.07) is 7.81. The van der Waals surface area contributed by atoms with Crippen molar-refractivity contribution in [1.29, 1.82) is 0 Å². The molecule has 0 saturated carbocycles. The fourth-order valence-electron chi connectivity index (χ4n) is 2.13. The van der Waals surface area contributed by atoms with Gasteiger partial charge in [0, 0.05) is 10.7 Å². The predicted molar refractivity (Wildman–Crippen MR) is 113 cm³/mol. The van der Waals surface area contributed by atoms with E-state index in [1.54, 1.807) is 0 Å². The van der Waals surface area contributed by atoms with Crippen molar-refractivity contribution in [2.45, 2.75) is 0 Å². The third kappa shape index (κ3) is 8.05. The monoisotopic (exact) mass is 489 g/mol. The van der Waals surface area contributed by atoms with Gasteiger partial charge in [-0.2, -0.15) is 0 Å². The average molecular weight is 491 g/mol. The van der Waals surface area contributed by atoms with Crippen molar-refractivity contribution in [2.24, 2.45) is 0 Å². The number of hydrogen-bond donors (Lipinski definition) is 3. The Morgan fingerprint density at radius 3 is 2.29 bits per heavy atom. The van der Waals surface area contributed by atoms with Gasteiger partial charge in [0.1, 0.15) is 12.4 Å². The molecule has 8 nitrogen and oxygen atoms in total. The van der Waals surface area contributed by atoms with Gasteiger partial charge in [-0.05, 0) is 36.4 Å². The molecule has 3 N–H and O–H groups in total. The van der Waals surface area contributed by atoms with Crippen LogP contribution in [0.15, 0.2) is 36.4 Å². The highest BCUT2D eigenvalue weighted by Crippen LogP contribution is 2.21. The minimum atomic E-state index is -0.882. The summed E-state index contributed by atoms with van der Waals surface area (Å²) in [5.41, 5.74) is 0.351. The van der Waals surface area contributed by atoms with Gasteiger partial charge in [0.05, 0.1) is 22.2 Å². The number of amides is 3. The van der Waals surface area contributed by atoms with Gasteiger partial charge in [-0.25, -0.2) is 4.39 Å². The smallest absolute Gasteiger partial charge is 0.325 e. The number of ether oxygens (including phenoxy) is 1. The molecule has 0 aliphatic rings. The van der Waals surface area contributed by atoms with E-state index in [1.807, 2.05) is 0 Å².